The average molecular weight is 248 g/mol. The first-order chi connectivity index (χ1) is 7.48. The Morgan fingerprint density at radius 3 is 2.44 bits per heavy atom. The summed E-state index contributed by atoms with van der Waals surface area (Å²) in [6, 6.07) is 0. The zero-order valence-corrected chi connectivity index (χ0v) is 10.8. The zero-order valence-electron chi connectivity index (χ0n) is 9.94. The predicted molar refractivity (Wildman–Crippen MR) is 61.9 cm³/mol. The van der Waals surface area contributed by atoms with E-state index in [9.17, 15) is 13.2 Å². The molecule has 0 aromatic carbocycles. The molecule has 1 aliphatic rings. The molecule has 1 unspecified atom stereocenters. The molecule has 1 atom stereocenters. The third-order valence-corrected chi connectivity index (χ3v) is 5.78. The van der Waals surface area contributed by atoms with Crippen molar-refractivity contribution in [3.8, 4) is 0 Å². The van der Waals surface area contributed by atoms with Crippen molar-refractivity contribution in [2.45, 2.75) is 56.5 Å². The standard InChI is InChI=1S/C11H20O4S/c1-3-15-11(12)8-9(2)16(13,14)10-6-4-5-7-10/h9-10H,3-8H2,1-2H3. The summed E-state index contributed by atoms with van der Waals surface area (Å²) < 4.78 is 28.9. The number of hydrogen-bond donors (Lipinski definition) is 0. The van der Waals surface area contributed by atoms with E-state index in [1.807, 2.05) is 0 Å². The Morgan fingerprint density at radius 1 is 1.38 bits per heavy atom. The molecule has 0 spiro atoms. The summed E-state index contributed by atoms with van der Waals surface area (Å²) in [6.45, 7) is 3.62. The molecule has 1 aliphatic carbocycles. The molecule has 0 bridgehead atoms. The second-order valence-corrected chi connectivity index (χ2v) is 6.96. The normalized spacial score (nSPS) is 19.6. The molecular formula is C11H20O4S. The Morgan fingerprint density at radius 2 is 1.94 bits per heavy atom. The molecular weight excluding hydrogens is 228 g/mol. The highest BCUT2D eigenvalue weighted by Crippen LogP contribution is 2.28. The van der Waals surface area contributed by atoms with Crippen molar-refractivity contribution < 1.29 is 17.9 Å². The van der Waals surface area contributed by atoms with Crippen LogP contribution in [0, 0.1) is 0 Å². The van der Waals surface area contributed by atoms with Crippen molar-refractivity contribution in [3.05, 3.63) is 0 Å². The van der Waals surface area contributed by atoms with E-state index in [4.69, 9.17) is 4.74 Å². The summed E-state index contributed by atoms with van der Waals surface area (Å²) in [5.74, 6) is -0.420. The monoisotopic (exact) mass is 248 g/mol. The van der Waals surface area contributed by atoms with Crippen LogP contribution in [0.25, 0.3) is 0 Å². The molecule has 0 aliphatic heterocycles. The summed E-state index contributed by atoms with van der Waals surface area (Å²) >= 11 is 0. The van der Waals surface area contributed by atoms with Crippen LogP contribution in [0.1, 0.15) is 46.0 Å². The summed E-state index contributed by atoms with van der Waals surface area (Å²) in [5.41, 5.74) is 0. The molecule has 0 saturated heterocycles. The summed E-state index contributed by atoms with van der Waals surface area (Å²) in [5, 5.41) is -0.855. The van der Waals surface area contributed by atoms with Crippen molar-refractivity contribution >= 4 is 15.8 Å². The first-order valence-electron chi connectivity index (χ1n) is 5.86. The molecule has 16 heavy (non-hydrogen) atoms. The number of ether oxygens (including phenoxy) is 1. The van der Waals surface area contributed by atoms with Gasteiger partial charge in [-0.2, -0.15) is 0 Å². The minimum absolute atomic E-state index is 0.0212. The van der Waals surface area contributed by atoms with Gasteiger partial charge in [-0.25, -0.2) is 8.42 Å². The second kappa shape index (κ2) is 5.66. The van der Waals surface area contributed by atoms with Gasteiger partial charge in [-0.05, 0) is 26.7 Å². The van der Waals surface area contributed by atoms with Crippen LogP contribution < -0.4 is 0 Å². The first-order valence-corrected chi connectivity index (χ1v) is 7.47. The molecule has 1 saturated carbocycles. The molecule has 0 amide bonds. The molecule has 1 rings (SSSR count). The Kier molecular flexibility index (Phi) is 4.77. The lowest BCUT2D eigenvalue weighted by molar-refractivity contribution is -0.143. The Bertz CT molecular complexity index is 328. The number of sulfone groups is 1. The van der Waals surface area contributed by atoms with Crippen LogP contribution in [0.4, 0.5) is 0 Å². The van der Waals surface area contributed by atoms with Gasteiger partial charge in [0, 0.05) is 0 Å². The van der Waals surface area contributed by atoms with Crippen LogP contribution in [0.2, 0.25) is 0 Å². The molecule has 5 heteroatoms. The van der Waals surface area contributed by atoms with Crippen LogP contribution in [0.5, 0.6) is 0 Å². The van der Waals surface area contributed by atoms with E-state index in [2.05, 4.69) is 0 Å². The van der Waals surface area contributed by atoms with E-state index in [0.717, 1.165) is 25.7 Å². The quantitative estimate of drug-likeness (QED) is 0.695. The lowest BCUT2D eigenvalue weighted by atomic mass is 10.3. The van der Waals surface area contributed by atoms with Gasteiger partial charge in [0.1, 0.15) is 0 Å². The summed E-state index contributed by atoms with van der Waals surface area (Å²) in [7, 11) is -3.15. The molecule has 94 valence electrons. The number of carbonyl (C=O) groups is 1. The van der Waals surface area contributed by atoms with E-state index in [1.165, 1.54) is 0 Å². The Balaban J connectivity index is 2.57. The highest BCUT2D eigenvalue weighted by atomic mass is 32.2. The highest BCUT2D eigenvalue weighted by Gasteiger charge is 2.34. The van der Waals surface area contributed by atoms with Crippen molar-refractivity contribution in [3.63, 3.8) is 0 Å². The third-order valence-electron chi connectivity index (χ3n) is 3.09. The maximum Gasteiger partial charge on any atom is 0.307 e. The van der Waals surface area contributed by atoms with Gasteiger partial charge < -0.3 is 4.74 Å². The number of esters is 1. The van der Waals surface area contributed by atoms with Gasteiger partial charge in [-0.1, -0.05) is 12.8 Å². The van der Waals surface area contributed by atoms with Gasteiger partial charge in [-0.3, -0.25) is 4.79 Å². The maximum atomic E-state index is 12.1. The fraction of sp³-hybridized carbons (Fsp3) is 0.909. The number of hydrogen-bond acceptors (Lipinski definition) is 4. The molecule has 0 radical (unpaired) electrons. The molecule has 0 heterocycles. The predicted octanol–water partition coefficient (Wildman–Crippen LogP) is 1.69. The van der Waals surface area contributed by atoms with Crippen LogP contribution >= 0.6 is 0 Å². The molecule has 4 nitrogen and oxygen atoms in total. The minimum atomic E-state index is -3.15. The van der Waals surface area contributed by atoms with E-state index in [1.54, 1.807) is 13.8 Å². The van der Waals surface area contributed by atoms with Gasteiger partial charge in [0.25, 0.3) is 0 Å². The van der Waals surface area contributed by atoms with Gasteiger partial charge in [0.15, 0.2) is 9.84 Å². The molecule has 0 aromatic rings. The Hall–Kier alpha value is -0.580. The smallest absolute Gasteiger partial charge is 0.307 e. The largest absolute Gasteiger partial charge is 0.466 e. The second-order valence-electron chi connectivity index (χ2n) is 4.32. The maximum absolute atomic E-state index is 12.1. The van der Waals surface area contributed by atoms with Crippen molar-refractivity contribution in [1.29, 1.82) is 0 Å². The van der Waals surface area contributed by atoms with Gasteiger partial charge >= 0.3 is 5.97 Å². The summed E-state index contributed by atoms with van der Waals surface area (Å²) in [6.07, 6.45) is 3.43. The van der Waals surface area contributed by atoms with E-state index >= 15 is 0 Å². The lowest BCUT2D eigenvalue weighted by Gasteiger charge is -2.17. The van der Waals surface area contributed by atoms with E-state index in [-0.39, 0.29) is 11.7 Å². The molecule has 0 aromatic heterocycles. The van der Waals surface area contributed by atoms with Crippen LogP contribution in [-0.2, 0) is 19.4 Å². The number of rotatable bonds is 5. The lowest BCUT2D eigenvalue weighted by Crippen LogP contribution is -2.30. The molecule has 0 N–H and O–H groups in total. The minimum Gasteiger partial charge on any atom is -0.466 e. The Labute approximate surface area is 97.3 Å². The van der Waals surface area contributed by atoms with Gasteiger partial charge in [-0.15, -0.1) is 0 Å². The van der Waals surface area contributed by atoms with Crippen molar-refractivity contribution in [1.82, 2.24) is 0 Å². The average Bonchev–Trinajstić information content (AvgIpc) is 2.70. The topological polar surface area (TPSA) is 60.4 Å². The highest BCUT2D eigenvalue weighted by molar-refractivity contribution is 7.92. The first kappa shape index (κ1) is 13.5. The van der Waals surface area contributed by atoms with E-state index in [0.29, 0.717) is 6.61 Å². The fourth-order valence-electron chi connectivity index (χ4n) is 2.12. The van der Waals surface area contributed by atoms with Gasteiger partial charge in [0.05, 0.1) is 23.5 Å². The van der Waals surface area contributed by atoms with E-state index < -0.39 is 21.1 Å². The van der Waals surface area contributed by atoms with Crippen molar-refractivity contribution in [2.24, 2.45) is 0 Å². The van der Waals surface area contributed by atoms with Crippen LogP contribution in [0.15, 0.2) is 0 Å². The van der Waals surface area contributed by atoms with Crippen molar-refractivity contribution in [2.75, 3.05) is 6.61 Å². The zero-order chi connectivity index (χ0) is 12.2. The SMILES string of the molecule is CCOC(=O)CC(C)S(=O)(=O)C1CCCC1. The van der Waals surface area contributed by atoms with Gasteiger partial charge in [0.2, 0.25) is 0 Å². The summed E-state index contributed by atoms with van der Waals surface area (Å²) in [4.78, 5) is 11.2. The third kappa shape index (κ3) is 3.20. The van der Waals surface area contributed by atoms with Crippen LogP contribution in [0.3, 0.4) is 0 Å². The fourth-order valence-corrected chi connectivity index (χ4v) is 4.13. The van der Waals surface area contributed by atoms with Crippen LogP contribution in [-0.4, -0.2) is 31.5 Å². The molecule has 1 fully saturated rings. The number of carbonyl (C=O) groups excluding carboxylic acids is 1.